The fourth-order valence-corrected chi connectivity index (χ4v) is 12.4. The number of nitrogens with zero attached hydrogens (tertiary/aromatic N) is 6. The fourth-order valence-electron chi connectivity index (χ4n) is 12.4. The molecule has 0 bridgehead atoms. The number of anilines is 5. The van der Waals surface area contributed by atoms with Crippen LogP contribution < -0.4 is 9.80 Å². The number of aromatic nitrogens is 4. The quantitative estimate of drug-likeness (QED) is 0.127. The summed E-state index contributed by atoms with van der Waals surface area (Å²) in [5.74, 6) is 1.18. The number of rotatable bonds is 11. The van der Waals surface area contributed by atoms with E-state index >= 15 is 0 Å². The molecule has 17 aromatic rings. The molecule has 92 heavy (non-hydrogen) atoms. The Bertz CT molecular complexity index is 5590. The van der Waals surface area contributed by atoms with Gasteiger partial charge in [-0.15, -0.1) is 0 Å². The SMILES string of the molecule is C=Cc1ccccc1/C=C/N(c1ccccc1)c1nc(-c2cccc3oc4cc5ccccc5cc4c23)c2ccccc2n1.CC.c1ccc(-c2ccc(N(c3ccccc3)c3nc(-c4cccc5oc6cc7ccccc7cc6c45)c4ccccc4n3)cc2)cc1. The van der Waals surface area contributed by atoms with Crippen molar-refractivity contribution in [3.05, 3.63) is 321 Å². The Hall–Kier alpha value is -12.3. The molecule has 4 aromatic heterocycles. The normalized spacial score (nSPS) is 11.4. The first-order chi connectivity index (χ1) is 45.6. The van der Waals surface area contributed by atoms with E-state index in [4.69, 9.17) is 28.8 Å². The first-order valence-electron chi connectivity index (χ1n) is 31.0. The monoisotopic (exact) mass is 1180 g/mol. The van der Waals surface area contributed by atoms with E-state index in [9.17, 15) is 0 Å². The molecule has 0 atom stereocenters. The van der Waals surface area contributed by atoms with Crippen molar-refractivity contribution in [3.8, 4) is 33.6 Å². The van der Waals surface area contributed by atoms with Crippen LogP contribution >= 0.6 is 0 Å². The smallest absolute Gasteiger partial charge is 0.235 e. The van der Waals surface area contributed by atoms with Crippen molar-refractivity contribution in [1.29, 1.82) is 0 Å². The van der Waals surface area contributed by atoms with Crippen molar-refractivity contribution in [3.63, 3.8) is 0 Å². The predicted octanol–water partition coefficient (Wildman–Crippen LogP) is 23.3. The van der Waals surface area contributed by atoms with Gasteiger partial charge in [0.25, 0.3) is 0 Å². The Kier molecular flexibility index (Phi) is 15.1. The van der Waals surface area contributed by atoms with Crippen LogP contribution in [0.15, 0.2) is 319 Å². The molecule has 0 aliphatic heterocycles. The maximum absolute atomic E-state index is 6.44. The van der Waals surface area contributed by atoms with Crippen molar-refractivity contribution in [2.45, 2.75) is 13.8 Å². The van der Waals surface area contributed by atoms with Crippen molar-refractivity contribution >= 4 is 128 Å². The summed E-state index contributed by atoms with van der Waals surface area (Å²) in [6.45, 7) is 7.99. The van der Waals surface area contributed by atoms with Crippen molar-refractivity contribution < 1.29 is 8.83 Å². The molecule has 0 spiro atoms. The standard InChI is InChI=1S/C42H27N3O.C40H27N3O.C2H6/c1-3-12-28(13-4-1)29-22-24-33(25-23-29)45(32-16-5-2-6-17-32)42-43-37-20-10-9-18-34(37)41(44-42)35-19-11-21-38-40(35)36-26-30-14-7-8-15-31(30)27-39(36)46-38;1-2-27-13-6-7-14-28(27)23-24-43(31-17-4-3-5-18-31)40-41-35-21-11-10-19-32(35)39(42-40)33-20-12-22-36-38(33)34-25-29-15-8-9-16-30(29)26-37(34)44-36;1-2/h1-27H;2-26H,1H2;1-2H3/b;24-23+;. The lowest BCUT2D eigenvalue weighted by Gasteiger charge is -2.24. The summed E-state index contributed by atoms with van der Waals surface area (Å²) in [7, 11) is 0. The summed E-state index contributed by atoms with van der Waals surface area (Å²) in [5, 5.41) is 10.9. The molecule has 438 valence electrons. The lowest BCUT2D eigenvalue weighted by atomic mass is 9.99. The van der Waals surface area contributed by atoms with Crippen LogP contribution in [-0.2, 0) is 0 Å². The van der Waals surface area contributed by atoms with Crippen molar-refractivity contribution in [2.24, 2.45) is 0 Å². The lowest BCUT2D eigenvalue weighted by Crippen LogP contribution is -2.14. The molecule has 8 heteroatoms. The molecule has 8 nitrogen and oxygen atoms in total. The summed E-state index contributed by atoms with van der Waals surface area (Å²) in [6.07, 6.45) is 5.99. The Labute approximate surface area is 532 Å². The number of hydrogen-bond donors (Lipinski definition) is 0. The zero-order chi connectivity index (χ0) is 61.9. The highest BCUT2D eigenvalue weighted by molar-refractivity contribution is 6.18. The maximum atomic E-state index is 6.44. The molecule has 0 radical (unpaired) electrons. The molecule has 0 saturated heterocycles. The minimum absolute atomic E-state index is 0.576. The van der Waals surface area contributed by atoms with E-state index in [1.54, 1.807) is 0 Å². The van der Waals surface area contributed by atoms with Gasteiger partial charge < -0.3 is 8.83 Å². The average molecular weight is 1190 g/mol. The van der Waals surface area contributed by atoms with Crippen molar-refractivity contribution in [2.75, 3.05) is 9.80 Å². The zero-order valence-electron chi connectivity index (χ0n) is 50.7. The van der Waals surface area contributed by atoms with Crippen LogP contribution in [0.4, 0.5) is 29.0 Å². The molecule has 0 unspecified atom stereocenters. The minimum atomic E-state index is 0.576. The minimum Gasteiger partial charge on any atom is -0.456 e. The number of fused-ring (bicyclic) bond motifs is 10. The van der Waals surface area contributed by atoms with Crippen LogP contribution in [0.25, 0.3) is 133 Å². The molecule has 0 saturated carbocycles. The first-order valence-corrected chi connectivity index (χ1v) is 31.0. The van der Waals surface area contributed by atoms with E-state index in [0.717, 1.165) is 133 Å². The van der Waals surface area contributed by atoms with E-state index in [1.807, 2.05) is 140 Å². The van der Waals surface area contributed by atoms with Crippen LogP contribution in [0.3, 0.4) is 0 Å². The van der Waals surface area contributed by atoms with Crippen LogP contribution in [0.5, 0.6) is 0 Å². The zero-order valence-corrected chi connectivity index (χ0v) is 50.7. The predicted molar refractivity (Wildman–Crippen MR) is 385 cm³/mol. The molecule has 4 heterocycles. The molecule has 0 aliphatic rings. The van der Waals surface area contributed by atoms with Gasteiger partial charge in [-0.1, -0.05) is 239 Å². The van der Waals surface area contributed by atoms with E-state index in [0.29, 0.717) is 11.9 Å². The largest absolute Gasteiger partial charge is 0.456 e. The molecule has 0 N–H and O–H groups in total. The van der Waals surface area contributed by atoms with Crippen LogP contribution in [-0.4, -0.2) is 19.9 Å². The van der Waals surface area contributed by atoms with Crippen LogP contribution in [0.1, 0.15) is 25.0 Å². The van der Waals surface area contributed by atoms with E-state index in [2.05, 4.69) is 206 Å². The van der Waals surface area contributed by atoms with E-state index < -0.39 is 0 Å². The Morgan fingerprint density at radius 3 is 1.30 bits per heavy atom. The molecular weight excluding hydrogens is 1120 g/mol. The summed E-state index contributed by atoms with van der Waals surface area (Å²) in [5.41, 5.74) is 16.2. The Morgan fingerprint density at radius 2 is 0.761 bits per heavy atom. The average Bonchev–Trinajstić information content (AvgIpc) is 1.55. The van der Waals surface area contributed by atoms with Crippen LogP contribution in [0, 0.1) is 0 Å². The summed E-state index contributed by atoms with van der Waals surface area (Å²) in [4.78, 5) is 25.1. The number of para-hydroxylation sites is 4. The Balaban J connectivity index is 0.000000149. The van der Waals surface area contributed by atoms with Gasteiger partial charge in [0, 0.05) is 66.7 Å². The van der Waals surface area contributed by atoms with E-state index in [-0.39, 0.29) is 0 Å². The van der Waals surface area contributed by atoms with Gasteiger partial charge in [-0.25, -0.2) is 19.9 Å². The number of furan rings is 2. The molecule has 17 rings (SSSR count). The third-order valence-electron chi connectivity index (χ3n) is 16.7. The number of hydrogen-bond acceptors (Lipinski definition) is 8. The van der Waals surface area contributed by atoms with Crippen molar-refractivity contribution in [1.82, 2.24) is 19.9 Å². The highest BCUT2D eigenvalue weighted by atomic mass is 16.3. The fraction of sp³-hybridized carbons (Fsp3) is 0.0238. The third kappa shape index (κ3) is 10.6. The molecule has 13 aromatic carbocycles. The second-order valence-electron chi connectivity index (χ2n) is 22.2. The van der Waals surface area contributed by atoms with Gasteiger partial charge in [0.2, 0.25) is 11.9 Å². The van der Waals surface area contributed by atoms with Gasteiger partial charge in [-0.05, 0) is 135 Å². The lowest BCUT2D eigenvalue weighted by molar-refractivity contribution is 0.669. The van der Waals surface area contributed by atoms with Gasteiger partial charge >= 0.3 is 0 Å². The van der Waals surface area contributed by atoms with E-state index in [1.165, 1.54) is 16.3 Å². The summed E-state index contributed by atoms with van der Waals surface area (Å²) < 4.78 is 12.9. The van der Waals surface area contributed by atoms with Gasteiger partial charge in [0.05, 0.1) is 22.4 Å². The second kappa shape index (κ2) is 24.7. The van der Waals surface area contributed by atoms with Gasteiger partial charge in [-0.2, -0.15) is 0 Å². The maximum Gasteiger partial charge on any atom is 0.235 e. The highest BCUT2D eigenvalue weighted by Crippen LogP contribution is 2.44. The molecule has 0 fully saturated rings. The summed E-state index contributed by atoms with van der Waals surface area (Å²) in [6, 6.07) is 102. The summed E-state index contributed by atoms with van der Waals surface area (Å²) >= 11 is 0. The first kappa shape index (κ1) is 56.3. The molecule has 0 aliphatic carbocycles. The highest BCUT2D eigenvalue weighted by Gasteiger charge is 2.24. The second-order valence-corrected chi connectivity index (χ2v) is 22.2. The van der Waals surface area contributed by atoms with Crippen LogP contribution in [0.2, 0.25) is 0 Å². The van der Waals surface area contributed by atoms with Gasteiger partial charge in [0.15, 0.2) is 0 Å². The van der Waals surface area contributed by atoms with Gasteiger partial charge in [-0.3, -0.25) is 9.80 Å². The number of benzene rings is 13. The third-order valence-corrected chi connectivity index (χ3v) is 16.7. The Morgan fingerprint density at radius 1 is 0.337 bits per heavy atom. The molecular formula is C84H60N6O2. The topological polar surface area (TPSA) is 84.3 Å². The molecule has 0 amide bonds. The van der Waals surface area contributed by atoms with Gasteiger partial charge in [0.1, 0.15) is 22.3 Å².